The summed E-state index contributed by atoms with van der Waals surface area (Å²) in [6.45, 7) is 8.15. The third kappa shape index (κ3) is 2.65. The van der Waals surface area contributed by atoms with E-state index in [0.717, 1.165) is 18.5 Å². The highest BCUT2D eigenvalue weighted by molar-refractivity contribution is 5.68. The summed E-state index contributed by atoms with van der Waals surface area (Å²) in [4.78, 5) is 0. The number of nitrogens with one attached hydrogen (secondary N) is 1. The van der Waals surface area contributed by atoms with E-state index in [1.807, 2.05) is 0 Å². The van der Waals surface area contributed by atoms with Crippen molar-refractivity contribution in [2.45, 2.75) is 46.1 Å². The van der Waals surface area contributed by atoms with Crippen molar-refractivity contribution in [3.63, 3.8) is 0 Å². The fourth-order valence-electron chi connectivity index (χ4n) is 1.56. The Morgan fingerprint density at radius 3 is 2.38 bits per heavy atom. The summed E-state index contributed by atoms with van der Waals surface area (Å²) in [6.07, 6.45) is 2.00. The molecule has 90 valence electrons. The molecule has 0 amide bonds. The molecule has 0 radical (unpaired) electrons. The topological polar surface area (TPSA) is 38.0 Å². The Kier molecular flexibility index (Phi) is 3.79. The van der Waals surface area contributed by atoms with Crippen LogP contribution in [-0.2, 0) is 0 Å². The molecule has 1 rings (SSSR count). The second-order valence-corrected chi connectivity index (χ2v) is 4.58. The minimum atomic E-state index is -0.252. The normalized spacial score (nSPS) is 11.6. The van der Waals surface area contributed by atoms with Gasteiger partial charge in [-0.2, -0.15) is 0 Å². The summed E-state index contributed by atoms with van der Waals surface area (Å²) in [7, 11) is 0. The molecule has 2 nitrogen and oxygen atoms in total. The molecule has 0 aliphatic carbocycles. The molecule has 1 aromatic rings. The van der Waals surface area contributed by atoms with Gasteiger partial charge in [0.2, 0.25) is 0 Å². The number of benzene rings is 1. The fourth-order valence-corrected chi connectivity index (χ4v) is 1.56. The van der Waals surface area contributed by atoms with Crippen LogP contribution in [0.3, 0.4) is 0 Å². The lowest BCUT2D eigenvalue weighted by Crippen LogP contribution is -2.33. The highest BCUT2D eigenvalue weighted by Gasteiger charge is 2.20. The molecule has 3 heteroatoms. The molecule has 1 aromatic carbocycles. The molecule has 0 heterocycles. The summed E-state index contributed by atoms with van der Waals surface area (Å²) < 4.78 is 13.2. The van der Waals surface area contributed by atoms with E-state index in [4.69, 9.17) is 5.73 Å². The first-order valence-corrected chi connectivity index (χ1v) is 5.75. The molecule has 0 saturated heterocycles. The molecular weight excluding hydrogens is 203 g/mol. The number of anilines is 2. The van der Waals surface area contributed by atoms with Gasteiger partial charge in [-0.1, -0.05) is 13.8 Å². The standard InChI is InChI=1S/C13H21FN2/c1-5-13(4,6-2)16-12-7-9(3)10(14)8-11(12)15/h7-8,16H,5-6,15H2,1-4H3. The smallest absolute Gasteiger partial charge is 0.128 e. The number of nitrogens with two attached hydrogens (primary N) is 1. The molecule has 0 bridgehead atoms. The summed E-state index contributed by atoms with van der Waals surface area (Å²) in [6, 6.07) is 3.15. The van der Waals surface area contributed by atoms with Crippen LogP contribution in [0.15, 0.2) is 12.1 Å². The van der Waals surface area contributed by atoms with Gasteiger partial charge in [0.25, 0.3) is 0 Å². The summed E-state index contributed by atoms with van der Waals surface area (Å²) in [5, 5.41) is 3.40. The van der Waals surface area contributed by atoms with Crippen LogP contribution in [0.5, 0.6) is 0 Å². The Labute approximate surface area is 97.0 Å². The number of nitrogen functional groups attached to an aromatic ring is 1. The second kappa shape index (κ2) is 4.73. The first-order chi connectivity index (χ1) is 7.41. The van der Waals surface area contributed by atoms with Crippen molar-refractivity contribution in [2.75, 3.05) is 11.1 Å². The van der Waals surface area contributed by atoms with Crippen LogP contribution in [-0.4, -0.2) is 5.54 Å². The number of rotatable bonds is 4. The molecule has 16 heavy (non-hydrogen) atoms. The zero-order valence-corrected chi connectivity index (χ0v) is 10.5. The lowest BCUT2D eigenvalue weighted by molar-refractivity contribution is 0.478. The number of hydrogen-bond donors (Lipinski definition) is 2. The number of hydrogen-bond acceptors (Lipinski definition) is 2. The van der Waals surface area contributed by atoms with Gasteiger partial charge in [0.05, 0.1) is 11.4 Å². The highest BCUT2D eigenvalue weighted by Crippen LogP contribution is 2.28. The maximum Gasteiger partial charge on any atom is 0.128 e. The maximum absolute atomic E-state index is 13.2. The van der Waals surface area contributed by atoms with Crippen LogP contribution in [0.1, 0.15) is 39.2 Å². The highest BCUT2D eigenvalue weighted by atomic mass is 19.1. The van der Waals surface area contributed by atoms with Crippen molar-refractivity contribution >= 4 is 11.4 Å². The van der Waals surface area contributed by atoms with Crippen molar-refractivity contribution in [1.82, 2.24) is 0 Å². The Bertz CT molecular complexity index is 370. The molecule has 0 spiro atoms. The minimum Gasteiger partial charge on any atom is -0.397 e. The molecule has 0 unspecified atom stereocenters. The summed E-state index contributed by atoms with van der Waals surface area (Å²) >= 11 is 0. The van der Waals surface area contributed by atoms with Gasteiger partial charge in [0.1, 0.15) is 5.82 Å². The van der Waals surface area contributed by atoms with Gasteiger partial charge in [0.15, 0.2) is 0 Å². The predicted octanol–water partition coefficient (Wildman–Crippen LogP) is 3.71. The first kappa shape index (κ1) is 12.8. The lowest BCUT2D eigenvalue weighted by Gasteiger charge is -2.30. The molecule has 0 atom stereocenters. The summed E-state index contributed by atoms with van der Waals surface area (Å²) in [5.41, 5.74) is 7.73. The van der Waals surface area contributed by atoms with E-state index in [-0.39, 0.29) is 11.4 Å². The Balaban J connectivity index is 3.01. The van der Waals surface area contributed by atoms with E-state index in [0.29, 0.717) is 11.3 Å². The second-order valence-electron chi connectivity index (χ2n) is 4.58. The van der Waals surface area contributed by atoms with Gasteiger partial charge >= 0.3 is 0 Å². The lowest BCUT2D eigenvalue weighted by atomic mass is 9.95. The van der Waals surface area contributed by atoms with Gasteiger partial charge in [-0.25, -0.2) is 4.39 Å². The van der Waals surface area contributed by atoms with Crippen molar-refractivity contribution in [3.05, 3.63) is 23.5 Å². The van der Waals surface area contributed by atoms with E-state index >= 15 is 0 Å². The minimum absolute atomic E-state index is 0.0123. The van der Waals surface area contributed by atoms with Crippen LogP contribution in [0.4, 0.5) is 15.8 Å². The first-order valence-electron chi connectivity index (χ1n) is 5.75. The molecule has 0 aliphatic heterocycles. The van der Waals surface area contributed by atoms with Gasteiger partial charge in [0, 0.05) is 5.54 Å². The SMILES string of the molecule is CCC(C)(CC)Nc1cc(C)c(F)cc1N. The number of aryl methyl sites for hydroxylation is 1. The van der Waals surface area contributed by atoms with E-state index in [2.05, 4.69) is 26.1 Å². The average molecular weight is 224 g/mol. The van der Waals surface area contributed by atoms with Crippen molar-refractivity contribution in [2.24, 2.45) is 0 Å². The molecule has 0 saturated carbocycles. The van der Waals surface area contributed by atoms with Crippen LogP contribution in [0.2, 0.25) is 0 Å². The third-order valence-electron chi connectivity index (χ3n) is 3.33. The van der Waals surface area contributed by atoms with Gasteiger partial charge in [-0.15, -0.1) is 0 Å². The zero-order valence-electron chi connectivity index (χ0n) is 10.5. The maximum atomic E-state index is 13.2. The van der Waals surface area contributed by atoms with Crippen molar-refractivity contribution < 1.29 is 4.39 Å². The largest absolute Gasteiger partial charge is 0.397 e. The van der Waals surface area contributed by atoms with Gasteiger partial charge in [-0.3, -0.25) is 0 Å². The van der Waals surface area contributed by atoms with Crippen molar-refractivity contribution in [3.8, 4) is 0 Å². The molecule has 3 N–H and O–H groups in total. The Hall–Kier alpha value is -1.25. The number of halogens is 1. The Morgan fingerprint density at radius 2 is 1.88 bits per heavy atom. The van der Waals surface area contributed by atoms with Crippen LogP contribution in [0.25, 0.3) is 0 Å². The summed E-state index contributed by atoms with van der Waals surface area (Å²) in [5.74, 6) is -0.252. The molecule has 0 fully saturated rings. The van der Waals surface area contributed by atoms with E-state index in [1.54, 1.807) is 13.0 Å². The van der Waals surface area contributed by atoms with Crippen LogP contribution >= 0.6 is 0 Å². The van der Waals surface area contributed by atoms with E-state index in [9.17, 15) is 4.39 Å². The zero-order chi connectivity index (χ0) is 12.3. The average Bonchev–Trinajstić information content (AvgIpc) is 2.25. The molecule has 0 aromatic heterocycles. The molecular formula is C13H21FN2. The molecule has 0 aliphatic rings. The predicted molar refractivity (Wildman–Crippen MR) is 68.2 cm³/mol. The fraction of sp³-hybridized carbons (Fsp3) is 0.538. The van der Waals surface area contributed by atoms with Crippen LogP contribution in [0, 0.1) is 12.7 Å². The third-order valence-corrected chi connectivity index (χ3v) is 3.33. The van der Waals surface area contributed by atoms with E-state index in [1.165, 1.54) is 6.07 Å². The van der Waals surface area contributed by atoms with Gasteiger partial charge < -0.3 is 11.1 Å². The van der Waals surface area contributed by atoms with Crippen molar-refractivity contribution in [1.29, 1.82) is 0 Å². The quantitative estimate of drug-likeness (QED) is 0.765. The van der Waals surface area contributed by atoms with Gasteiger partial charge in [-0.05, 0) is 44.4 Å². The Morgan fingerprint density at radius 1 is 1.31 bits per heavy atom. The van der Waals surface area contributed by atoms with Crippen LogP contribution < -0.4 is 11.1 Å². The van der Waals surface area contributed by atoms with E-state index < -0.39 is 0 Å². The monoisotopic (exact) mass is 224 g/mol.